The molecule has 28 heavy (non-hydrogen) atoms. The Labute approximate surface area is 167 Å². The summed E-state index contributed by atoms with van der Waals surface area (Å²) in [5.41, 5.74) is 0.145. The van der Waals surface area contributed by atoms with Gasteiger partial charge in [-0.1, -0.05) is 31.9 Å². The summed E-state index contributed by atoms with van der Waals surface area (Å²) in [6, 6.07) is 8.56. The predicted molar refractivity (Wildman–Crippen MR) is 106 cm³/mol. The van der Waals surface area contributed by atoms with Crippen molar-refractivity contribution in [3.8, 4) is 6.07 Å². The molecule has 2 aliphatic rings. The molecular weight excluding hydrogens is 376 g/mol. The number of hydrogen-bond donors (Lipinski definition) is 1. The van der Waals surface area contributed by atoms with Crippen LogP contribution in [0, 0.1) is 17.2 Å². The van der Waals surface area contributed by atoms with Gasteiger partial charge < -0.3 is 10.2 Å². The van der Waals surface area contributed by atoms with Gasteiger partial charge >= 0.3 is 0 Å². The normalized spacial score (nSPS) is 23.9. The molecule has 3 rings (SSSR count). The Hall–Kier alpha value is -1.95. The van der Waals surface area contributed by atoms with Crippen molar-refractivity contribution in [1.29, 1.82) is 5.26 Å². The van der Waals surface area contributed by atoms with Gasteiger partial charge in [0.25, 0.3) is 0 Å². The molecule has 152 valence electrons. The summed E-state index contributed by atoms with van der Waals surface area (Å²) in [6.07, 6.45) is 4.78. The molecule has 1 saturated carbocycles. The Balaban J connectivity index is 1.55. The summed E-state index contributed by atoms with van der Waals surface area (Å²) in [6.45, 7) is 3.76. The third kappa shape index (κ3) is 4.54. The second kappa shape index (κ2) is 9.03. The third-order valence-electron chi connectivity index (χ3n) is 5.84. The zero-order valence-electron chi connectivity index (χ0n) is 16.3. The lowest BCUT2D eigenvalue weighted by atomic mass is 9.86. The second-order valence-electron chi connectivity index (χ2n) is 7.64. The van der Waals surface area contributed by atoms with Gasteiger partial charge in [-0.15, -0.1) is 0 Å². The van der Waals surface area contributed by atoms with Crippen LogP contribution in [0.1, 0.15) is 38.2 Å². The first-order valence-electron chi connectivity index (χ1n) is 9.94. The van der Waals surface area contributed by atoms with E-state index in [9.17, 15) is 18.5 Å². The molecular formula is C20H28N4O3S. The van der Waals surface area contributed by atoms with E-state index in [1.807, 2.05) is 6.07 Å². The molecule has 2 unspecified atom stereocenters. The minimum absolute atomic E-state index is 0.0206. The van der Waals surface area contributed by atoms with Crippen LogP contribution in [0.15, 0.2) is 29.2 Å². The summed E-state index contributed by atoms with van der Waals surface area (Å²) in [7, 11) is -3.73. The van der Waals surface area contributed by atoms with Crippen LogP contribution in [0.25, 0.3) is 0 Å². The average Bonchev–Trinajstić information content (AvgIpc) is 2.73. The van der Waals surface area contributed by atoms with Gasteiger partial charge in [0, 0.05) is 32.2 Å². The van der Waals surface area contributed by atoms with Crippen molar-refractivity contribution in [2.75, 3.05) is 32.7 Å². The molecule has 1 aromatic carbocycles. The maximum atomic E-state index is 12.9. The minimum Gasteiger partial charge on any atom is -0.339 e. The molecule has 2 fully saturated rings. The van der Waals surface area contributed by atoms with Gasteiger partial charge in [0.05, 0.1) is 17.0 Å². The van der Waals surface area contributed by atoms with Crippen LogP contribution < -0.4 is 5.32 Å². The Morgan fingerprint density at radius 2 is 1.86 bits per heavy atom. The van der Waals surface area contributed by atoms with Gasteiger partial charge in [-0.05, 0) is 30.9 Å². The van der Waals surface area contributed by atoms with Crippen LogP contribution in [-0.4, -0.2) is 62.3 Å². The van der Waals surface area contributed by atoms with Crippen molar-refractivity contribution >= 4 is 15.9 Å². The lowest BCUT2D eigenvalue weighted by molar-refractivity contribution is -0.131. The highest BCUT2D eigenvalue weighted by Gasteiger charge is 2.31. The van der Waals surface area contributed by atoms with E-state index in [0.717, 1.165) is 6.42 Å². The SMILES string of the molecule is CC1CCCCC1NCC(=O)N1CCN(S(=O)(=O)c2ccccc2C#N)CC1. The summed E-state index contributed by atoms with van der Waals surface area (Å²) >= 11 is 0. The molecule has 1 heterocycles. The quantitative estimate of drug-likeness (QED) is 0.804. The van der Waals surface area contributed by atoms with Crippen LogP contribution in [0.3, 0.4) is 0 Å². The van der Waals surface area contributed by atoms with Crippen molar-refractivity contribution in [3.05, 3.63) is 29.8 Å². The molecule has 0 radical (unpaired) electrons. The fourth-order valence-electron chi connectivity index (χ4n) is 4.05. The Kier molecular flexibility index (Phi) is 6.70. The zero-order chi connectivity index (χ0) is 20.1. The lowest BCUT2D eigenvalue weighted by Gasteiger charge is -2.35. The number of sulfonamides is 1. The Bertz CT molecular complexity index is 841. The number of carbonyl (C=O) groups excluding carboxylic acids is 1. The van der Waals surface area contributed by atoms with E-state index in [-0.39, 0.29) is 29.5 Å². The van der Waals surface area contributed by atoms with Crippen molar-refractivity contribution < 1.29 is 13.2 Å². The standard InChI is InChI=1S/C20H28N4O3S/c1-16-6-2-4-8-18(16)22-15-20(25)23-10-12-24(13-11-23)28(26,27)19-9-5-3-7-17(19)14-21/h3,5,7,9,16,18,22H,2,4,6,8,10-13,15H2,1H3. The number of hydrogen-bond acceptors (Lipinski definition) is 5. The van der Waals surface area contributed by atoms with E-state index in [0.29, 0.717) is 31.6 Å². The number of carbonyl (C=O) groups is 1. The van der Waals surface area contributed by atoms with Crippen LogP contribution in [0.5, 0.6) is 0 Å². The average molecular weight is 405 g/mol. The number of nitrogens with one attached hydrogen (secondary N) is 1. The number of nitrogens with zero attached hydrogens (tertiary/aromatic N) is 3. The molecule has 7 nitrogen and oxygen atoms in total. The molecule has 1 N–H and O–H groups in total. The molecule has 0 bridgehead atoms. The fraction of sp³-hybridized carbons (Fsp3) is 0.600. The molecule has 1 aromatic rings. The van der Waals surface area contributed by atoms with Crippen molar-refractivity contribution in [2.45, 2.75) is 43.5 Å². The molecule has 1 saturated heterocycles. The number of nitriles is 1. The van der Waals surface area contributed by atoms with Crippen molar-refractivity contribution in [1.82, 2.24) is 14.5 Å². The first-order valence-corrected chi connectivity index (χ1v) is 11.4. The maximum Gasteiger partial charge on any atom is 0.244 e. The molecule has 1 amide bonds. The van der Waals surface area contributed by atoms with E-state index in [2.05, 4.69) is 12.2 Å². The molecule has 1 aliphatic heterocycles. The molecule has 0 aromatic heterocycles. The lowest BCUT2D eigenvalue weighted by Crippen LogP contribution is -2.53. The highest BCUT2D eigenvalue weighted by atomic mass is 32.2. The summed E-state index contributed by atoms with van der Waals surface area (Å²) < 4.78 is 27.1. The number of amides is 1. The second-order valence-corrected chi connectivity index (χ2v) is 9.55. The predicted octanol–water partition coefficient (Wildman–Crippen LogP) is 1.56. The van der Waals surface area contributed by atoms with E-state index < -0.39 is 10.0 Å². The highest BCUT2D eigenvalue weighted by molar-refractivity contribution is 7.89. The van der Waals surface area contributed by atoms with Gasteiger partial charge in [0.2, 0.25) is 15.9 Å². The van der Waals surface area contributed by atoms with Gasteiger partial charge in [-0.2, -0.15) is 9.57 Å². The van der Waals surface area contributed by atoms with Crippen LogP contribution >= 0.6 is 0 Å². The number of piperazine rings is 1. The first-order chi connectivity index (χ1) is 13.4. The monoisotopic (exact) mass is 404 g/mol. The van der Waals surface area contributed by atoms with Crippen molar-refractivity contribution in [3.63, 3.8) is 0 Å². The zero-order valence-corrected chi connectivity index (χ0v) is 17.1. The number of rotatable bonds is 5. The summed E-state index contributed by atoms with van der Waals surface area (Å²) in [5, 5.41) is 12.6. The molecule has 8 heteroatoms. The smallest absolute Gasteiger partial charge is 0.244 e. The molecule has 2 atom stereocenters. The topological polar surface area (TPSA) is 93.5 Å². The first kappa shape index (κ1) is 20.8. The van der Waals surface area contributed by atoms with Crippen LogP contribution in [0.4, 0.5) is 0 Å². The van der Waals surface area contributed by atoms with Crippen LogP contribution in [-0.2, 0) is 14.8 Å². The summed E-state index contributed by atoms with van der Waals surface area (Å²) in [5.74, 6) is 0.607. The van der Waals surface area contributed by atoms with E-state index in [1.165, 1.54) is 35.7 Å². The van der Waals surface area contributed by atoms with Crippen molar-refractivity contribution in [2.24, 2.45) is 5.92 Å². The van der Waals surface area contributed by atoms with Crippen LogP contribution in [0.2, 0.25) is 0 Å². The van der Waals surface area contributed by atoms with Gasteiger partial charge in [0.15, 0.2) is 0 Å². The van der Waals surface area contributed by atoms with E-state index in [1.54, 1.807) is 17.0 Å². The summed E-state index contributed by atoms with van der Waals surface area (Å²) in [4.78, 5) is 14.3. The Morgan fingerprint density at radius 1 is 1.18 bits per heavy atom. The van der Waals surface area contributed by atoms with Gasteiger partial charge in [-0.3, -0.25) is 4.79 Å². The van der Waals surface area contributed by atoms with Gasteiger partial charge in [-0.25, -0.2) is 8.42 Å². The fourth-order valence-corrected chi connectivity index (χ4v) is 5.61. The van der Waals surface area contributed by atoms with E-state index in [4.69, 9.17) is 0 Å². The molecule has 0 spiro atoms. The largest absolute Gasteiger partial charge is 0.339 e. The maximum absolute atomic E-state index is 12.9. The third-order valence-corrected chi connectivity index (χ3v) is 7.80. The highest BCUT2D eigenvalue weighted by Crippen LogP contribution is 2.24. The Morgan fingerprint density at radius 3 is 2.54 bits per heavy atom. The van der Waals surface area contributed by atoms with E-state index >= 15 is 0 Å². The minimum atomic E-state index is -3.73. The van der Waals surface area contributed by atoms with Gasteiger partial charge in [0.1, 0.15) is 6.07 Å². The molecule has 1 aliphatic carbocycles. The number of benzene rings is 1.